The van der Waals surface area contributed by atoms with Crippen LogP contribution >= 0.6 is 11.6 Å². The van der Waals surface area contributed by atoms with Gasteiger partial charge in [-0.2, -0.15) is 0 Å². The van der Waals surface area contributed by atoms with Gasteiger partial charge in [0.15, 0.2) is 6.61 Å². The van der Waals surface area contributed by atoms with Crippen molar-refractivity contribution < 1.29 is 19.1 Å². The maximum Gasteiger partial charge on any atom is 0.343 e. The van der Waals surface area contributed by atoms with Crippen molar-refractivity contribution in [3.05, 3.63) is 28.8 Å². The molecule has 0 radical (unpaired) electrons. The molecule has 1 amide bonds. The zero-order valence-electron chi connectivity index (χ0n) is 8.53. The molecule has 0 spiro atoms. The predicted octanol–water partition coefficient (Wildman–Crippen LogP) is 0.991. The first kappa shape index (κ1) is 12.3. The van der Waals surface area contributed by atoms with Crippen molar-refractivity contribution in [3.63, 3.8) is 0 Å². The van der Waals surface area contributed by atoms with Gasteiger partial charge in [0.1, 0.15) is 5.75 Å². The van der Waals surface area contributed by atoms with E-state index in [-0.39, 0.29) is 17.9 Å². The van der Waals surface area contributed by atoms with Crippen LogP contribution < -0.4 is 10.5 Å². The molecule has 0 aliphatic carbocycles. The number of nitrogens with two attached hydrogens (primary N) is 1. The van der Waals surface area contributed by atoms with E-state index in [1.807, 2.05) is 0 Å². The van der Waals surface area contributed by atoms with E-state index in [9.17, 15) is 9.59 Å². The summed E-state index contributed by atoms with van der Waals surface area (Å²) in [5.74, 6) is -1.03. The van der Waals surface area contributed by atoms with Gasteiger partial charge in [-0.15, -0.1) is 0 Å². The minimum Gasteiger partial charge on any atom is -0.481 e. The molecule has 1 aromatic rings. The molecule has 0 atom stereocenters. The predicted molar refractivity (Wildman–Crippen MR) is 57.5 cm³/mol. The number of hydrogen-bond donors (Lipinski definition) is 1. The summed E-state index contributed by atoms with van der Waals surface area (Å²) in [6.45, 7) is -0.293. The summed E-state index contributed by atoms with van der Waals surface area (Å²) < 4.78 is 9.46. The van der Waals surface area contributed by atoms with Gasteiger partial charge in [-0.05, 0) is 18.2 Å². The van der Waals surface area contributed by atoms with Crippen LogP contribution in [0.5, 0.6) is 5.75 Å². The average molecular weight is 244 g/mol. The van der Waals surface area contributed by atoms with E-state index < -0.39 is 11.9 Å². The number of carbonyl (C=O) groups excluding carboxylic acids is 2. The molecule has 0 aliphatic rings. The van der Waals surface area contributed by atoms with E-state index in [1.165, 1.54) is 25.3 Å². The Morgan fingerprint density at radius 1 is 1.44 bits per heavy atom. The number of esters is 1. The van der Waals surface area contributed by atoms with Crippen LogP contribution in [0.4, 0.5) is 0 Å². The summed E-state index contributed by atoms with van der Waals surface area (Å²) >= 11 is 5.70. The zero-order valence-corrected chi connectivity index (χ0v) is 9.28. The van der Waals surface area contributed by atoms with Gasteiger partial charge in [-0.3, -0.25) is 4.79 Å². The first-order chi connectivity index (χ1) is 7.54. The molecular formula is C10H10ClNO4. The molecule has 0 heterocycles. The lowest BCUT2D eigenvalue weighted by Gasteiger charge is -2.08. The minimum absolute atomic E-state index is 0.122. The second-order valence-electron chi connectivity index (χ2n) is 2.87. The Kier molecular flexibility index (Phi) is 4.13. The van der Waals surface area contributed by atoms with E-state index >= 15 is 0 Å². The van der Waals surface area contributed by atoms with E-state index in [4.69, 9.17) is 22.1 Å². The first-order valence-electron chi connectivity index (χ1n) is 4.33. The maximum atomic E-state index is 11.1. The monoisotopic (exact) mass is 243 g/mol. The Balaban J connectivity index is 2.87. The third-order valence-electron chi connectivity index (χ3n) is 1.78. The van der Waals surface area contributed by atoms with Crippen LogP contribution in [0.2, 0.25) is 5.02 Å². The highest BCUT2D eigenvalue weighted by Gasteiger charge is 2.11. The summed E-state index contributed by atoms with van der Waals surface area (Å²) in [7, 11) is 1.24. The van der Waals surface area contributed by atoms with E-state index in [2.05, 4.69) is 4.74 Å². The summed E-state index contributed by atoms with van der Waals surface area (Å²) in [5, 5.41) is 0.360. The number of ether oxygens (including phenoxy) is 2. The molecule has 0 fully saturated rings. The van der Waals surface area contributed by atoms with Crippen molar-refractivity contribution in [3.8, 4) is 5.75 Å². The Bertz CT molecular complexity index is 419. The molecule has 5 nitrogen and oxygen atoms in total. The van der Waals surface area contributed by atoms with Crippen molar-refractivity contribution in [1.82, 2.24) is 0 Å². The summed E-state index contributed by atoms with van der Waals surface area (Å²) in [4.78, 5) is 21.9. The summed E-state index contributed by atoms with van der Waals surface area (Å²) in [5.41, 5.74) is 5.25. The Hall–Kier alpha value is -1.75. The molecule has 6 heteroatoms. The molecule has 0 aliphatic heterocycles. The van der Waals surface area contributed by atoms with Crippen LogP contribution in [0, 0.1) is 0 Å². The Labute approximate surface area is 97.1 Å². The molecule has 0 bridgehead atoms. The highest BCUT2D eigenvalue weighted by atomic mass is 35.5. The Morgan fingerprint density at radius 2 is 2.12 bits per heavy atom. The largest absolute Gasteiger partial charge is 0.481 e. The van der Waals surface area contributed by atoms with Gasteiger partial charge in [0.25, 0.3) is 5.91 Å². The fourth-order valence-electron chi connectivity index (χ4n) is 1.02. The number of methoxy groups -OCH3 is 1. The average Bonchev–Trinajstić information content (AvgIpc) is 2.26. The number of halogens is 1. The molecule has 0 saturated heterocycles. The zero-order chi connectivity index (χ0) is 12.1. The van der Waals surface area contributed by atoms with Crippen molar-refractivity contribution in [2.24, 2.45) is 5.73 Å². The minimum atomic E-state index is -0.678. The topological polar surface area (TPSA) is 78.6 Å². The van der Waals surface area contributed by atoms with Gasteiger partial charge in [-0.25, -0.2) is 4.79 Å². The van der Waals surface area contributed by atoms with Crippen molar-refractivity contribution in [2.45, 2.75) is 0 Å². The van der Waals surface area contributed by atoms with Gasteiger partial charge in [0.05, 0.1) is 12.7 Å². The fraction of sp³-hybridized carbons (Fsp3) is 0.200. The number of primary amides is 1. The summed E-state index contributed by atoms with van der Waals surface area (Å²) in [6.07, 6.45) is 0. The SMILES string of the molecule is COC(=O)COc1ccc(Cl)cc1C(N)=O. The van der Waals surface area contributed by atoms with Crippen molar-refractivity contribution in [2.75, 3.05) is 13.7 Å². The molecule has 0 unspecified atom stereocenters. The van der Waals surface area contributed by atoms with Gasteiger partial charge in [0, 0.05) is 5.02 Å². The molecule has 1 rings (SSSR count). The Morgan fingerprint density at radius 3 is 2.69 bits per heavy atom. The number of hydrogen-bond acceptors (Lipinski definition) is 4. The number of amides is 1. The van der Waals surface area contributed by atoms with Gasteiger partial charge in [0.2, 0.25) is 0 Å². The van der Waals surface area contributed by atoms with Crippen LogP contribution in [-0.4, -0.2) is 25.6 Å². The van der Waals surface area contributed by atoms with Crippen LogP contribution in [0.3, 0.4) is 0 Å². The van der Waals surface area contributed by atoms with Crippen molar-refractivity contribution >= 4 is 23.5 Å². The summed E-state index contributed by atoms with van der Waals surface area (Å²) in [6, 6.07) is 4.36. The molecule has 0 saturated carbocycles. The quantitative estimate of drug-likeness (QED) is 0.800. The van der Waals surface area contributed by atoms with E-state index in [0.717, 1.165) is 0 Å². The van der Waals surface area contributed by atoms with Gasteiger partial charge >= 0.3 is 5.97 Å². The third kappa shape index (κ3) is 3.13. The molecule has 2 N–H and O–H groups in total. The number of rotatable bonds is 4. The molecule has 86 valence electrons. The van der Waals surface area contributed by atoms with Crippen LogP contribution in [0.15, 0.2) is 18.2 Å². The smallest absolute Gasteiger partial charge is 0.343 e. The van der Waals surface area contributed by atoms with E-state index in [0.29, 0.717) is 5.02 Å². The van der Waals surface area contributed by atoms with Crippen LogP contribution in [0.1, 0.15) is 10.4 Å². The van der Waals surface area contributed by atoms with E-state index in [1.54, 1.807) is 0 Å². The van der Waals surface area contributed by atoms with Gasteiger partial charge in [-0.1, -0.05) is 11.6 Å². The maximum absolute atomic E-state index is 11.1. The normalized spacial score (nSPS) is 9.62. The number of carbonyl (C=O) groups is 2. The molecular weight excluding hydrogens is 234 g/mol. The van der Waals surface area contributed by atoms with Gasteiger partial charge < -0.3 is 15.2 Å². The molecule has 16 heavy (non-hydrogen) atoms. The third-order valence-corrected chi connectivity index (χ3v) is 2.02. The van der Waals surface area contributed by atoms with Crippen LogP contribution in [0.25, 0.3) is 0 Å². The molecule has 1 aromatic carbocycles. The lowest BCUT2D eigenvalue weighted by molar-refractivity contribution is -0.142. The molecule has 0 aromatic heterocycles. The second kappa shape index (κ2) is 5.37. The fourth-order valence-corrected chi connectivity index (χ4v) is 1.19. The standard InChI is InChI=1S/C10H10ClNO4/c1-15-9(13)5-16-8-3-2-6(11)4-7(8)10(12)14/h2-4H,5H2,1H3,(H2,12,14). The lowest BCUT2D eigenvalue weighted by atomic mass is 10.2. The number of benzene rings is 1. The first-order valence-corrected chi connectivity index (χ1v) is 4.71. The highest BCUT2D eigenvalue weighted by molar-refractivity contribution is 6.31. The van der Waals surface area contributed by atoms with Crippen LogP contribution in [-0.2, 0) is 9.53 Å². The lowest BCUT2D eigenvalue weighted by Crippen LogP contribution is -2.17. The second-order valence-corrected chi connectivity index (χ2v) is 3.31. The highest BCUT2D eigenvalue weighted by Crippen LogP contribution is 2.22. The van der Waals surface area contributed by atoms with Crippen molar-refractivity contribution in [1.29, 1.82) is 0 Å².